The van der Waals surface area contributed by atoms with Gasteiger partial charge in [0.1, 0.15) is 12.2 Å². The fraction of sp³-hybridized carbons (Fsp3) is 0.833. The minimum Gasteiger partial charge on any atom is -0.394 e. The molecule has 0 aliphatic carbocycles. The van der Waals surface area contributed by atoms with Crippen molar-refractivity contribution in [2.45, 2.75) is 24.2 Å². The summed E-state index contributed by atoms with van der Waals surface area (Å²) >= 11 is 0. The van der Waals surface area contributed by atoms with E-state index in [2.05, 4.69) is 4.94 Å². The molecule has 0 fully saturated rings. The minimum absolute atomic E-state index is 0.717. The molecule has 0 aliphatic heterocycles. The molecule has 6 nitrogen and oxygen atoms in total. The normalized spacial score (nSPS) is 22.1. The molecule has 0 aromatic carbocycles. The predicted molar refractivity (Wildman–Crippen MR) is 37.2 cm³/mol. The first-order chi connectivity index (χ1) is 6.42. The van der Waals surface area contributed by atoms with Crippen molar-refractivity contribution in [2.24, 2.45) is 0 Å². The number of aliphatic hydroxyl groups excluding tert-OH is 4. The van der Waals surface area contributed by atoms with E-state index in [9.17, 15) is 13.7 Å². The Morgan fingerprint density at radius 3 is 2.21 bits per heavy atom. The summed E-state index contributed by atoms with van der Waals surface area (Å²) in [5.41, 5.74) is 0. The van der Waals surface area contributed by atoms with Gasteiger partial charge in [0, 0.05) is 0 Å². The van der Waals surface area contributed by atoms with Gasteiger partial charge in [-0.1, -0.05) is 0 Å². The lowest BCUT2D eigenvalue weighted by atomic mass is 10.0. The van der Waals surface area contributed by atoms with E-state index in [4.69, 9.17) is 20.4 Å². The molecule has 0 bridgehead atoms. The van der Waals surface area contributed by atoms with Crippen molar-refractivity contribution < 1.29 is 39.1 Å². The second-order valence-electron chi connectivity index (χ2n) is 2.58. The molecule has 4 N–H and O–H groups in total. The maximum atomic E-state index is 12.8. The second kappa shape index (κ2) is 5.27. The Kier molecular flexibility index (Phi) is 5.02. The molecule has 0 saturated carbocycles. The van der Waals surface area contributed by atoms with Gasteiger partial charge in [-0.3, -0.25) is 4.79 Å². The average Bonchev–Trinajstić information content (AvgIpc) is 2.24. The maximum absolute atomic E-state index is 12.8. The summed E-state index contributed by atoms with van der Waals surface area (Å²) in [4.78, 5) is 12.5. The predicted octanol–water partition coefficient (Wildman–Crippen LogP) is -2.17. The van der Waals surface area contributed by atoms with Crippen LogP contribution in [0, 0.1) is 0 Å². The van der Waals surface area contributed by atoms with Gasteiger partial charge >= 0.3 is 5.85 Å². The topological polar surface area (TPSA) is 107 Å². The Morgan fingerprint density at radius 1 is 1.43 bits per heavy atom. The molecule has 0 radical (unpaired) electrons. The van der Waals surface area contributed by atoms with E-state index in [1.54, 1.807) is 0 Å². The zero-order valence-electron chi connectivity index (χ0n) is 6.88. The fourth-order valence-electron chi connectivity index (χ4n) is 0.685. The number of hydrogen-bond donors (Lipinski definition) is 4. The van der Waals surface area contributed by atoms with Gasteiger partial charge in [-0.05, 0) is 4.53 Å². The van der Waals surface area contributed by atoms with E-state index in [0.29, 0.717) is 0 Å². The van der Waals surface area contributed by atoms with Crippen molar-refractivity contribution in [1.82, 2.24) is 0 Å². The first-order valence-corrected chi connectivity index (χ1v) is 3.53. The SMILES string of the molecule is O=C[C@@](F)(OF)[C@@H](O)[C@H](O)[C@H](O)CO. The molecule has 0 rings (SSSR count). The molecular weight excluding hydrogens is 206 g/mol. The van der Waals surface area contributed by atoms with Crippen molar-refractivity contribution in [2.75, 3.05) is 6.61 Å². The molecule has 0 aromatic rings. The van der Waals surface area contributed by atoms with Crippen LogP contribution in [0.25, 0.3) is 0 Å². The van der Waals surface area contributed by atoms with Crippen LogP contribution < -0.4 is 0 Å². The standard InChI is InChI=1S/C6H10F2O6/c7-6(2-10,14-8)5(13)4(12)3(11)1-9/h2-5,9,11-13H,1H2/t3-,4-,5+,6-/m1/s1. The summed E-state index contributed by atoms with van der Waals surface area (Å²) in [5, 5.41) is 34.8. The number of halogens is 2. The lowest BCUT2D eigenvalue weighted by Gasteiger charge is -2.26. The van der Waals surface area contributed by atoms with Gasteiger partial charge in [0.05, 0.1) is 6.61 Å². The summed E-state index contributed by atoms with van der Waals surface area (Å²) in [5.74, 6) is -3.77. The van der Waals surface area contributed by atoms with Crippen molar-refractivity contribution in [3.63, 3.8) is 0 Å². The number of carbonyl (C=O) groups is 1. The van der Waals surface area contributed by atoms with Crippen LogP contribution in [0.1, 0.15) is 0 Å². The van der Waals surface area contributed by atoms with Crippen LogP contribution >= 0.6 is 0 Å². The van der Waals surface area contributed by atoms with E-state index in [0.717, 1.165) is 0 Å². The average molecular weight is 216 g/mol. The highest BCUT2D eigenvalue weighted by atomic mass is 19.3. The molecule has 0 aromatic heterocycles. The monoisotopic (exact) mass is 216 g/mol. The minimum atomic E-state index is -3.77. The Hall–Kier alpha value is -0.670. The number of hydrogen-bond acceptors (Lipinski definition) is 6. The van der Waals surface area contributed by atoms with Gasteiger partial charge in [0.15, 0.2) is 12.4 Å². The Morgan fingerprint density at radius 2 is 1.93 bits per heavy atom. The summed E-state index contributed by atoms with van der Waals surface area (Å²) < 4.78 is 24.3. The molecule has 14 heavy (non-hydrogen) atoms. The van der Waals surface area contributed by atoms with Crippen LogP contribution in [-0.4, -0.2) is 57.5 Å². The molecule has 0 spiro atoms. The summed E-state index contributed by atoms with van der Waals surface area (Å²) in [6.45, 7) is -1.00. The van der Waals surface area contributed by atoms with Gasteiger partial charge in [0.2, 0.25) is 0 Å². The summed E-state index contributed by atoms with van der Waals surface area (Å²) in [7, 11) is 0. The Balaban J connectivity index is 4.57. The third kappa shape index (κ3) is 2.66. The van der Waals surface area contributed by atoms with E-state index in [-0.39, 0.29) is 0 Å². The van der Waals surface area contributed by atoms with Crippen LogP contribution in [0.2, 0.25) is 0 Å². The van der Waals surface area contributed by atoms with E-state index in [1.165, 1.54) is 0 Å². The van der Waals surface area contributed by atoms with Crippen LogP contribution in [-0.2, 0) is 9.74 Å². The molecule has 0 aliphatic rings. The Labute approximate surface area is 77.2 Å². The quantitative estimate of drug-likeness (QED) is 0.376. The van der Waals surface area contributed by atoms with Crippen molar-refractivity contribution in [3.8, 4) is 0 Å². The highest BCUT2D eigenvalue weighted by Crippen LogP contribution is 2.20. The first-order valence-electron chi connectivity index (χ1n) is 3.53. The highest BCUT2D eigenvalue weighted by Gasteiger charge is 2.47. The van der Waals surface area contributed by atoms with Crippen molar-refractivity contribution in [1.29, 1.82) is 0 Å². The molecule has 0 amide bonds. The van der Waals surface area contributed by atoms with Crippen LogP contribution in [0.15, 0.2) is 0 Å². The van der Waals surface area contributed by atoms with Gasteiger partial charge in [-0.15, -0.1) is 4.94 Å². The summed E-state index contributed by atoms with van der Waals surface area (Å²) in [6, 6.07) is 0. The third-order valence-electron chi connectivity index (χ3n) is 1.59. The smallest absolute Gasteiger partial charge is 0.328 e. The lowest BCUT2D eigenvalue weighted by molar-refractivity contribution is -0.316. The van der Waals surface area contributed by atoms with E-state index >= 15 is 0 Å². The van der Waals surface area contributed by atoms with Gasteiger partial charge in [0.25, 0.3) is 0 Å². The molecule has 4 atom stereocenters. The van der Waals surface area contributed by atoms with Crippen LogP contribution in [0.5, 0.6) is 0 Å². The van der Waals surface area contributed by atoms with Crippen LogP contribution in [0.4, 0.5) is 8.92 Å². The largest absolute Gasteiger partial charge is 0.394 e. The molecular formula is C6H10F2O6. The number of carbonyl (C=O) groups excluding carboxylic acids is 1. The van der Waals surface area contributed by atoms with E-state index in [1.807, 2.05) is 0 Å². The summed E-state index contributed by atoms with van der Waals surface area (Å²) in [6.07, 6.45) is -7.54. The highest BCUT2D eigenvalue weighted by molar-refractivity contribution is 5.61. The second-order valence-corrected chi connectivity index (χ2v) is 2.58. The van der Waals surface area contributed by atoms with Crippen LogP contribution in [0.3, 0.4) is 0 Å². The van der Waals surface area contributed by atoms with Crippen molar-refractivity contribution in [3.05, 3.63) is 0 Å². The molecule has 84 valence electrons. The van der Waals surface area contributed by atoms with Gasteiger partial charge in [-0.2, -0.15) is 4.39 Å². The number of alkyl halides is 1. The molecule has 0 saturated heterocycles. The molecule has 0 heterocycles. The Bertz CT molecular complexity index is 191. The van der Waals surface area contributed by atoms with Gasteiger partial charge < -0.3 is 20.4 Å². The first kappa shape index (κ1) is 13.3. The molecule has 8 heteroatoms. The lowest BCUT2D eigenvalue weighted by Crippen LogP contribution is -2.52. The van der Waals surface area contributed by atoms with Crippen molar-refractivity contribution >= 4 is 6.29 Å². The van der Waals surface area contributed by atoms with Gasteiger partial charge in [-0.25, -0.2) is 0 Å². The molecule has 0 unspecified atom stereocenters. The number of aliphatic hydroxyl groups is 4. The number of rotatable bonds is 6. The zero-order chi connectivity index (χ0) is 11.4. The number of aldehydes is 1. The third-order valence-corrected chi connectivity index (χ3v) is 1.59. The maximum Gasteiger partial charge on any atom is 0.328 e. The fourth-order valence-corrected chi connectivity index (χ4v) is 0.685. The van der Waals surface area contributed by atoms with E-state index < -0.39 is 37.1 Å². The zero-order valence-corrected chi connectivity index (χ0v) is 6.88.